The Morgan fingerprint density at radius 3 is 0.934 bits per heavy atom. The van der Waals surface area contributed by atoms with Gasteiger partial charge in [0, 0.05) is 12.8 Å². The van der Waals surface area contributed by atoms with Gasteiger partial charge in [0.25, 0.3) is 6.29 Å². The quantitative estimate of drug-likeness (QED) is 0.0211. The highest BCUT2D eigenvalue weighted by molar-refractivity contribution is 5.71. The van der Waals surface area contributed by atoms with Gasteiger partial charge in [0.1, 0.15) is 13.2 Å². The fraction of sp³-hybridized carbons (Fsp3) is 0.817. The van der Waals surface area contributed by atoms with Crippen molar-refractivity contribution in [1.29, 1.82) is 0 Å². The molecule has 0 amide bonds. The molecule has 2 unspecified atom stereocenters. The lowest BCUT2D eigenvalue weighted by Crippen LogP contribution is -2.40. The highest BCUT2D eigenvalue weighted by Crippen LogP contribution is 2.19. The Hall–Kier alpha value is -3.27. The minimum Gasteiger partial charge on any atom is -0.477 e. The fourth-order valence-electron chi connectivity index (χ4n) is 11.6. The molecule has 1 N–H and O–H groups in total. The van der Waals surface area contributed by atoms with Gasteiger partial charge in [0.15, 0.2) is 6.10 Å². The molecule has 0 radical (unpaired) electrons. The van der Waals surface area contributed by atoms with E-state index in [1.807, 2.05) is 21.1 Å². The molecule has 91 heavy (non-hydrogen) atoms. The summed E-state index contributed by atoms with van der Waals surface area (Å²) >= 11 is 0. The van der Waals surface area contributed by atoms with Gasteiger partial charge in [-0.15, -0.1) is 0 Å². The number of hydrogen-bond donors (Lipinski definition) is 1. The molecule has 0 fully saturated rings. The largest absolute Gasteiger partial charge is 0.477 e. The second-order valence-corrected chi connectivity index (χ2v) is 27.7. The summed E-state index contributed by atoms with van der Waals surface area (Å²) in [7, 11) is 5.99. The molecule has 0 aromatic heterocycles. The van der Waals surface area contributed by atoms with E-state index in [0.29, 0.717) is 17.4 Å². The van der Waals surface area contributed by atoms with E-state index in [-0.39, 0.29) is 32.2 Å². The molecule has 0 spiro atoms. The van der Waals surface area contributed by atoms with Crippen molar-refractivity contribution in [3.8, 4) is 0 Å². The second-order valence-electron chi connectivity index (χ2n) is 27.7. The molecule has 0 aromatic carbocycles. The van der Waals surface area contributed by atoms with Crippen molar-refractivity contribution < 1.29 is 42.9 Å². The van der Waals surface area contributed by atoms with E-state index >= 15 is 0 Å². The Labute approximate surface area is 564 Å². The lowest BCUT2D eigenvalue weighted by Gasteiger charge is -2.25. The van der Waals surface area contributed by atoms with Crippen LogP contribution in [0.5, 0.6) is 0 Å². The normalized spacial score (nSPS) is 13.0. The predicted octanol–water partition coefficient (Wildman–Crippen LogP) is 24.8. The van der Waals surface area contributed by atoms with Crippen LogP contribution in [0.2, 0.25) is 0 Å². The molecule has 0 aromatic rings. The Balaban J connectivity index is 4.02. The number of carboxylic acids is 1. The van der Waals surface area contributed by atoms with Crippen LogP contribution in [0.3, 0.4) is 0 Å². The first kappa shape index (κ1) is 87.7. The van der Waals surface area contributed by atoms with E-state index in [4.69, 9.17) is 18.9 Å². The maximum atomic E-state index is 13.0. The Kier molecular flexibility index (Phi) is 69.9. The lowest BCUT2D eigenvalue weighted by atomic mass is 10.0. The minimum absolute atomic E-state index is 0.179. The summed E-state index contributed by atoms with van der Waals surface area (Å²) in [6.45, 7) is 4.82. The Morgan fingerprint density at radius 1 is 0.341 bits per heavy atom. The number of unbranched alkanes of at least 4 members (excludes halogenated alkanes) is 46. The van der Waals surface area contributed by atoms with E-state index in [9.17, 15) is 19.5 Å². The number of quaternary nitrogens is 1. The maximum Gasteiger partial charge on any atom is 0.361 e. The van der Waals surface area contributed by atoms with Crippen LogP contribution < -0.4 is 0 Å². The smallest absolute Gasteiger partial charge is 0.361 e. The van der Waals surface area contributed by atoms with Crippen molar-refractivity contribution in [3.05, 3.63) is 72.9 Å². The van der Waals surface area contributed by atoms with Gasteiger partial charge < -0.3 is 28.5 Å². The van der Waals surface area contributed by atoms with E-state index in [0.717, 1.165) is 77.0 Å². The maximum absolute atomic E-state index is 13.0. The number of hydrogen-bond acceptors (Lipinski definition) is 7. The van der Waals surface area contributed by atoms with Crippen molar-refractivity contribution >= 4 is 17.9 Å². The molecule has 0 saturated carbocycles. The summed E-state index contributed by atoms with van der Waals surface area (Å²) in [5.41, 5.74) is 0. The summed E-state index contributed by atoms with van der Waals surface area (Å²) in [6.07, 6.45) is 94.8. The number of rotatable bonds is 73. The standard InChI is InChI=1S/C82H149NO8/c1-6-8-10-12-14-16-18-20-22-24-26-28-30-32-34-36-38-40-42-44-46-48-50-52-54-56-58-60-62-64-66-68-70-72-79(84)89-76-78(77-90-82(81(86)87)88-75-74-83(3,4)5)91-80(85)73-71-69-67-65-63-61-59-57-55-53-51-49-47-45-43-41-39-37-35-33-31-29-27-25-23-21-19-17-15-13-11-9-7-2/h9,11,15,17,21,23,27,29,33,35,39,41,78,82H,6-8,10,12-14,16,18-20,22,24-26,28,30-32,34,36-38,40,42-77H2,1-5H3/p+1/b11-9-,17-15-,23-21-,29-27-,35-33-,41-39-. The molecule has 0 aliphatic carbocycles. The van der Waals surface area contributed by atoms with Crippen molar-refractivity contribution in [2.45, 2.75) is 386 Å². The molecule has 0 bridgehead atoms. The zero-order chi connectivity index (χ0) is 66.1. The van der Waals surface area contributed by atoms with Crippen LogP contribution in [0.15, 0.2) is 72.9 Å². The summed E-state index contributed by atoms with van der Waals surface area (Å²) in [5, 5.41) is 9.77. The molecule has 0 rings (SSSR count). The first-order valence-electron chi connectivity index (χ1n) is 39.1. The van der Waals surface area contributed by atoms with E-state index in [1.54, 1.807) is 0 Å². The summed E-state index contributed by atoms with van der Waals surface area (Å²) in [6, 6.07) is 0. The van der Waals surface area contributed by atoms with Crippen LogP contribution in [-0.4, -0.2) is 87.4 Å². The minimum atomic E-state index is -1.51. The molecule has 9 heteroatoms. The van der Waals surface area contributed by atoms with Crippen LogP contribution in [0.1, 0.15) is 373 Å². The van der Waals surface area contributed by atoms with Crippen molar-refractivity contribution in [2.24, 2.45) is 0 Å². The average Bonchev–Trinajstić information content (AvgIpc) is 3.46. The molecule has 2 atom stereocenters. The van der Waals surface area contributed by atoms with Crippen molar-refractivity contribution in [1.82, 2.24) is 0 Å². The second kappa shape index (κ2) is 72.6. The van der Waals surface area contributed by atoms with Gasteiger partial charge in [-0.3, -0.25) is 9.59 Å². The number of aliphatic carboxylic acids is 1. The summed E-state index contributed by atoms with van der Waals surface area (Å²) in [4.78, 5) is 37.7. The number of likely N-dealkylation sites (N-methyl/N-ethyl adjacent to an activating group) is 1. The predicted molar refractivity (Wildman–Crippen MR) is 392 cm³/mol. The van der Waals surface area contributed by atoms with Gasteiger partial charge in [-0.25, -0.2) is 4.79 Å². The van der Waals surface area contributed by atoms with Crippen molar-refractivity contribution in [2.75, 3.05) is 47.5 Å². The van der Waals surface area contributed by atoms with Crippen molar-refractivity contribution in [3.63, 3.8) is 0 Å². The van der Waals surface area contributed by atoms with Gasteiger partial charge in [0.05, 0.1) is 34.4 Å². The SMILES string of the molecule is CC/C=C\C/C=C\C/C=C\C/C=C\C/C=C\C/C=C\CCCCCCCCCCCCCCCCC(=O)OC(COC(=O)CCCCCCCCCCCCCCCCCCCCCCCCCCCCCCCCCCC)COC(OCC[N+](C)(C)C)C(=O)O. The fourth-order valence-corrected chi connectivity index (χ4v) is 11.6. The van der Waals surface area contributed by atoms with Gasteiger partial charge in [-0.05, 0) is 64.2 Å². The molecule has 0 aliphatic rings. The first-order valence-corrected chi connectivity index (χ1v) is 39.1. The van der Waals surface area contributed by atoms with E-state index < -0.39 is 24.3 Å². The number of allylic oxidation sites excluding steroid dienone is 12. The summed E-state index contributed by atoms with van der Waals surface area (Å²) in [5.74, 6) is -1.98. The van der Waals surface area contributed by atoms with Gasteiger partial charge >= 0.3 is 17.9 Å². The summed E-state index contributed by atoms with van der Waals surface area (Å²) < 4.78 is 23.0. The van der Waals surface area contributed by atoms with Crippen LogP contribution in [0.4, 0.5) is 0 Å². The highest BCUT2D eigenvalue weighted by Gasteiger charge is 2.25. The number of nitrogens with zero attached hydrogens (tertiary/aromatic N) is 1. The third-order valence-corrected chi connectivity index (χ3v) is 17.5. The van der Waals surface area contributed by atoms with Gasteiger partial charge in [-0.1, -0.05) is 369 Å². The topological polar surface area (TPSA) is 108 Å². The van der Waals surface area contributed by atoms with Crippen LogP contribution in [-0.2, 0) is 33.3 Å². The van der Waals surface area contributed by atoms with Crippen LogP contribution >= 0.6 is 0 Å². The monoisotopic (exact) mass is 1280 g/mol. The Morgan fingerprint density at radius 2 is 0.626 bits per heavy atom. The molecular formula is C82H150NO8+. The van der Waals surface area contributed by atoms with E-state index in [2.05, 4.69) is 86.8 Å². The third kappa shape index (κ3) is 74.0. The van der Waals surface area contributed by atoms with Gasteiger partial charge in [-0.2, -0.15) is 0 Å². The highest BCUT2D eigenvalue weighted by atomic mass is 16.7. The molecule has 9 nitrogen and oxygen atoms in total. The molecule has 0 aliphatic heterocycles. The zero-order valence-electron chi connectivity index (χ0n) is 60.8. The molecular weight excluding hydrogens is 1130 g/mol. The number of carboxylic acid groups (broad SMARTS) is 1. The van der Waals surface area contributed by atoms with Gasteiger partial charge in [0.2, 0.25) is 0 Å². The number of esters is 2. The molecule has 0 saturated heterocycles. The Bertz CT molecular complexity index is 1730. The first-order chi connectivity index (χ1) is 44.6. The molecule has 530 valence electrons. The van der Waals surface area contributed by atoms with Crippen LogP contribution in [0, 0.1) is 0 Å². The van der Waals surface area contributed by atoms with E-state index in [1.165, 1.54) is 270 Å². The average molecular weight is 1280 g/mol. The third-order valence-electron chi connectivity index (χ3n) is 17.5. The zero-order valence-corrected chi connectivity index (χ0v) is 60.8. The molecule has 0 heterocycles. The number of carbonyl (C=O) groups is 3. The lowest BCUT2D eigenvalue weighted by molar-refractivity contribution is -0.870. The number of ether oxygens (including phenoxy) is 4. The number of carbonyl (C=O) groups excluding carboxylic acids is 2. The van der Waals surface area contributed by atoms with Crippen LogP contribution in [0.25, 0.3) is 0 Å².